The van der Waals surface area contributed by atoms with Crippen molar-refractivity contribution in [1.82, 2.24) is 10.3 Å². The average molecular weight is 287 g/mol. The number of aliphatic hydroxyl groups is 1. The largest absolute Gasteiger partial charge is 0.394 e. The molecule has 1 aromatic heterocycles. The van der Waals surface area contributed by atoms with Crippen molar-refractivity contribution in [1.29, 1.82) is 5.26 Å². The maximum absolute atomic E-state index is 12.3. The Kier molecular flexibility index (Phi) is 4.92. The molecule has 1 heterocycles. The van der Waals surface area contributed by atoms with Crippen LogP contribution in [0.3, 0.4) is 0 Å². The molecule has 1 aliphatic rings. The summed E-state index contributed by atoms with van der Waals surface area (Å²) in [6.45, 7) is 1.81. The number of nitrogens with one attached hydrogen (secondary N) is 1. The lowest BCUT2D eigenvalue weighted by Gasteiger charge is -2.39. The average Bonchev–Trinajstić information content (AvgIpc) is 2.55. The van der Waals surface area contributed by atoms with Crippen LogP contribution < -0.4 is 5.32 Å². The maximum Gasteiger partial charge on any atom is 0.270 e. The van der Waals surface area contributed by atoms with Gasteiger partial charge in [-0.25, -0.2) is 4.98 Å². The van der Waals surface area contributed by atoms with Crippen LogP contribution in [0.1, 0.15) is 55.1 Å². The van der Waals surface area contributed by atoms with E-state index in [9.17, 15) is 9.90 Å². The zero-order valence-electron chi connectivity index (χ0n) is 12.3. The van der Waals surface area contributed by atoms with Gasteiger partial charge in [0.25, 0.3) is 5.91 Å². The van der Waals surface area contributed by atoms with Crippen molar-refractivity contribution >= 4 is 5.91 Å². The molecule has 21 heavy (non-hydrogen) atoms. The first kappa shape index (κ1) is 15.5. The van der Waals surface area contributed by atoms with Crippen molar-refractivity contribution in [2.45, 2.75) is 44.6 Å². The highest BCUT2D eigenvalue weighted by Gasteiger charge is 2.36. The van der Waals surface area contributed by atoms with E-state index in [0.29, 0.717) is 11.5 Å². The summed E-state index contributed by atoms with van der Waals surface area (Å²) in [5.74, 6) is -0.0137. The molecule has 1 amide bonds. The molecule has 5 nitrogen and oxygen atoms in total. The molecule has 0 saturated heterocycles. The van der Waals surface area contributed by atoms with Crippen LogP contribution in [-0.2, 0) is 0 Å². The Morgan fingerprint density at radius 2 is 2.19 bits per heavy atom. The molecule has 112 valence electrons. The Bertz CT molecular complexity index is 529. The van der Waals surface area contributed by atoms with Crippen LogP contribution in [-0.4, -0.2) is 28.1 Å². The van der Waals surface area contributed by atoms with Crippen molar-refractivity contribution in [3.8, 4) is 6.07 Å². The van der Waals surface area contributed by atoms with Crippen LogP contribution in [0.4, 0.5) is 0 Å². The van der Waals surface area contributed by atoms with Gasteiger partial charge in [-0.1, -0.05) is 19.3 Å². The molecule has 2 rings (SSSR count). The second kappa shape index (κ2) is 6.68. The summed E-state index contributed by atoms with van der Waals surface area (Å²) in [5.41, 5.74) is 0.0702. The smallest absolute Gasteiger partial charge is 0.270 e. The van der Waals surface area contributed by atoms with E-state index in [4.69, 9.17) is 5.26 Å². The van der Waals surface area contributed by atoms with Gasteiger partial charge in [0.1, 0.15) is 11.8 Å². The molecule has 1 fully saturated rings. The lowest BCUT2D eigenvalue weighted by atomic mass is 9.76. The lowest BCUT2D eigenvalue weighted by molar-refractivity contribution is 0.0675. The highest BCUT2D eigenvalue weighted by atomic mass is 16.3. The number of rotatable bonds is 4. The number of carbonyl (C=O) groups excluding carboxylic acids is 1. The van der Waals surface area contributed by atoms with Gasteiger partial charge in [0.05, 0.1) is 17.7 Å². The second-order valence-electron chi connectivity index (χ2n) is 5.91. The van der Waals surface area contributed by atoms with Gasteiger partial charge in [0, 0.05) is 6.20 Å². The Balaban J connectivity index is 2.09. The lowest BCUT2D eigenvalue weighted by Crippen LogP contribution is -2.54. The monoisotopic (exact) mass is 287 g/mol. The molecule has 0 spiro atoms. The fourth-order valence-electron chi connectivity index (χ4n) is 2.93. The van der Waals surface area contributed by atoms with Crippen LogP contribution >= 0.6 is 0 Å². The molecule has 2 N–H and O–H groups in total. The summed E-state index contributed by atoms with van der Waals surface area (Å²) < 4.78 is 0. The molecular weight excluding hydrogens is 266 g/mol. The number of aliphatic hydroxyl groups excluding tert-OH is 1. The normalized spacial score (nSPS) is 18.5. The topological polar surface area (TPSA) is 86.0 Å². The fourth-order valence-corrected chi connectivity index (χ4v) is 2.93. The molecular formula is C16H21N3O2. The number of aromatic nitrogens is 1. The molecule has 0 aromatic carbocycles. The SMILES string of the molecule is C[C@](CO)(NC(=O)c1ccc(C#N)cn1)C1CCCCC1. The molecule has 1 aliphatic carbocycles. The van der Waals surface area contributed by atoms with E-state index >= 15 is 0 Å². The van der Waals surface area contributed by atoms with Crippen molar-refractivity contribution in [2.75, 3.05) is 6.61 Å². The first-order chi connectivity index (χ1) is 10.1. The van der Waals surface area contributed by atoms with Crippen molar-refractivity contribution in [2.24, 2.45) is 5.92 Å². The van der Waals surface area contributed by atoms with Crippen molar-refractivity contribution < 1.29 is 9.90 Å². The van der Waals surface area contributed by atoms with Crippen LogP contribution in [0.5, 0.6) is 0 Å². The summed E-state index contributed by atoms with van der Waals surface area (Å²) in [6.07, 6.45) is 6.95. The standard InChI is InChI=1S/C16H21N3O2/c1-16(11-20,13-5-3-2-4-6-13)19-15(21)14-8-7-12(9-17)10-18-14/h7-8,10,13,20H,2-6,11H2,1H3,(H,19,21)/t16-/m1/s1. The number of nitriles is 1. The van der Waals surface area contributed by atoms with Gasteiger partial charge < -0.3 is 10.4 Å². The van der Waals surface area contributed by atoms with Gasteiger partial charge in [0.2, 0.25) is 0 Å². The Morgan fingerprint density at radius 3 is 2.71 bits per heavy atom. The van der Waals surface area contributed by atoms with Crippen molar-refractivity contribution in [3.05, 3.63) is 29.6 Å². The molecule has 0 radical (unpaired) electrons. The molecule has 0 unspecified atom stereocenters. The minimum Gasteiger partial charge on any atom is -0.394 e. The second-order valence-corrected chi connectivity index (χ2v) is 5.91. The van der Waals surface area contributed by atoms with Gasteiger partial charge in [-0.3, -0.25) is 4.79 Å². The van der Waals surface area contributed by atoms with Gasteiger partial charge in [0.15, 0.2) is 0 Å². The van der Waals surface area contributed by atoms with E-state index < -0.39 is 5.54 Å². The molecule has 0 bridgehead atoms. The quantitative estimate of drug-likeness (QED) is 0.887. The summed E-state index contributed by atoms with van der Waals surface area (Å²) >= 11 is 0. The Morgan fingerprint density at radius 1 is 1.48 bits per heavy atom. The van der Waals surface area contributed by atoms with Gasteiger partial charge >= 0.3 is 0 Å². The minimum absolute atomic E-state index is 0.0836. The highest BCUT2D eigenvalue weighted by molar-refractivity contribution is 5.92. The zero-order valence-corrected chi connectivity index (χ0v) is 12.3. The summed E-state index contributed by atoms with van der Waals surface area (Å²) in [7, 11) is 0. The van der Waals surface area contributed by atoms with Gasteiger partial charge in [-0.05, 0) is 37.8 Å². The third-order valence-electron chi connectivity index (χ3n) is 4.36. The highest BCUT2D eigenvalue weighted by Crippen LogP contribution is 2.32. The van der Waals surface area contributed by atoms with E-state index in [1.807, 2.05) is 13.0 Å². The Labute approximate surface area is 125 Å². The fraction of sp³-hybridized carbons (Fsp3) is 0.562. The van der Waals surface area contributed by atoms with E-state index in [1.54, 1.807) is 6.07 Å². The number of hydrogen-bond acceptors (Lipinski definition) is 4. The van der Waals surface area contributed by atoms with Crippen LogP contribution in [0.2, 0.25) is 0 Å². The molecule has 1 aromatic rings. The summed E-state index contributed by atoms with van der Waals surface area (Å²) in [5, 5.41) is 21.4. The summed E-state index contributed by atoms with van der Waals surface area (Å²) in [6, 6.07) is 5.07. The molecule has 5 heteroatoms. The van der Waals surface area contributed by atoms with Crippen LogP contribution in [0.25, 0.3) is 0 Å². The minimum atomic E-state index is -0.618. The molecule has 0 aliphatic heterocycles. The van der Waals surface area contributed by atoms with E-state index in [2.05, 4.69) is 10.3 Å². The number of carbonyl (C=O) groups is 1. The maximum atomic E-state index is 12.3. The van der Waals surface area contributed by atoms with E-state index in [1.165, 1.54) is 18.7 Å². The first-order valence-corrected chi connectivity index (χ1v) is 7.38. The number of hydrogen-bond donors (Lipinski definition) is 2. The summed E-state index contributed by atoms with van der Waals surface area (Å²) in [4.78, 5) is 16.3. The number of nitrogens with zero attached hydrogens (tertiary/aromatic N) is 2. The number of pyridine rings is 1. The van der Waals surface area contributed by atoms with E-state index in [0.717, 1.165) is 25.7 Å². The van der Waals surface area contributed by atoms with E-state index in [-0.39, 0.29) is 18.2 Å². The van der Waals surface area contributed by atoms with Crippen molar-refractivity contribution in [3.63, 3.8) is 0 Å². The first-order valence-electron chi connectivity index (χ1n) is 7.38. The molecule has 1 saturated carbocycles. The van der Waals surface area contributed by atoms with Crippen LogP contribution in [0, 0.1) is 17.2 Å². The Hall–Kier alpha value is -1.93. The third-order valence-corrected chi connectivity index (χ3v) is 4.36. The van der Waals surface area contributed by atoms with Crippen LogP contribution in [0.15, 0.2) is 18.3 Å². The predicted octanol–water partition coefficient (Wildman–Crippen LogP) is 2.01. The number of amides is 1. The van der Waals surface area contributed by atoms with Gasteiger partial charge in [-0.2, -0.15) is 5.26 Å². The predicted molar refractivity (Wildman–Crippen MR) is 78.5 cm³/mol. The third kappa shape index (κ3) is 3.59. The zero-order chi connectivity index (χ0) is 15.3. The van der Waals surface area contributed by atoms with Gasteiger partial charge in [-0.15, -0.1) is 0 Å². The molecule has 1 atom stereocenters.